The van der Waals surface area contributed by atoms with Gasteiger partial charge in [-0.15, -0.1) is 0 Å². The van der Waals surface area contributed by atoms with Crippen molar-refractivity contribution in [2.24, 2.45) is 0 Å². The second-order valence-electron chi connectivity index (χ2n) is 11.9. The maximum atomic E-state index is 15.0. The van der Waals surface area contributed by atoms with Gasteiger partial charge in [-0.2, -0.15) is 0 Å². The molecule has 0 radical (unpaired) electrons. The van der Waals surface area contributed by atoms with E-state index < -0.39 is 18.9 Å². The van der Waals surface area contributed by atoms with Gasteiger partial charge in [0.2, 0.25) is 7.37 Å². The lowest BCUT2D eigenvalue weighted by atomic mass is 10.1. The summed E-state index contributed by atoms with van der Waals surface area (Å²) in [6.45, 7) is 0.468. The summed E-state index contributed by atoms with van der Waals surface area (Å²) in [6, 6.07) is 47.8. The first-order valence-corrected chi connectivity index (χ1v) is 17.2. The summed E-state index contributed by atoms with van der Waals surface area (Å²) in [7, 11) is -4.03. The van der Waals surface area contributed by atoms with Crippen molar-refractivity contribution in [3.05, 3.63) is 168 Å². The standard InChI is InChI=1S/C39H35N2O3P/c42-39-40(27-31-19-21-33-15-7-9-17-35(33)23-31)37(25-29-11-3-1-4-12-29)45(43,44)38(26-30-13-5-2-6-14-30)41(39)28-32-20-22-34-16-8-10-18-36(34)24-32/h1-24,37-38H,25-28H2,(H,43,44)/t37-,38-/m1/s1. The number of rotatable bonds is 8. The molecule has 0 bridgehead atoms. The van der Waals surface area contributed by atoms with Crippen LogP contribution in [0.25, 0.3) is 21.5 Å². The fourth-order valence-electron chi connectivity index (χ4n) is 6.56. The van der Waals surface area contributed by atoms with E-state index in [2.05, 4.69) is 48.5 Å². The smallest absolute Gasteiger partial charge is 0.322 e. The molecular weight excluding hydrogens is 575 g/mol. The highest BCUT2D eigenvalue weighted by molar-refractivity contribution is 7.59. The average Bonchev–Trinajstić information content (AvgIpc) is 3.07. The van der Waals surface area contributed by atoms with Gasteiger partial charge in [-0.1, -0.05) is 133 Å². The normalized spacial score (nSPS) is 18.0. The minimum atomic E-state index is -4.03. The van der Waals surface area contributed by atoms with Gasteiger partial charge in [0.25, 0.3) is 0 Å². The van der Waals surface area contributed by atoms with E-state index in [0.717, 1.165) is 43.8 Å². The molecule has 45 heavy (non-hydrogen) atoms. The third-order valence-corrected chi connectivity index (χ3v) is 11.6. The van der Waals surface area contributed by atoms with E-state index in [1.165, 1.54) is 0 Å². The van der Waals surface area contributed by atoms with Crippen molar-refractivity contribution in [1.82, 2.24) is 9.80 Å². The Balaban J connectivity index is 1.32. The number of urea groups is 1. The Morgan fingerprint density at radius 3 is 1.29 bits per heavy atom. The Morgan fingerprint density at radius 1 is 0.489 bits per heavy atom. The molecule has 6 heteroatoms. The van der Waals surface area contributed by atoms with Crippen molar-refractivity contribution >= 4 is 34.9 Å². The van der Waals surface area contributed by atoms with Gasteiger partial charge >= 0.3 is 6.03 Å². The molecule has 1 fully saturated rings. The summed E-state index contributed by atoms with van der Waals surface area (Å²) < 4.78 is 15.0. The maximum absolute atomic E-state index is 15.0. The van der Waals surface area contributed by atoms with Crippen molar-refractivity contribution in [2.45, 2.75) is 37.5 Å². The monoisotopic (exact) mass is 610 g/mol. The third-order valence-electron chi connectivity index (χ3n) is 8.92. The van der Waals surface area contributed by atoms with E-state index in [1.54, 1.807) is 9.80 Å². The number of fused-ring (bicyclic) bond motifs is 2. The number of hydrogen-bond acceptors (Lipinski definition) is 2. The Bertz CT molecular complexity index is 1870. The zero-order valence-electron chi connectivity index (χ0n) is 24.9. The second kappa shape index (κ2) is 12.4. The van der Waals surface area contributed by atoms with Crippen molar-refractivity contribution < 1.29 is 14.3 Å². The molecule has 224 valence electrons. The molecule has 0 saturated carbocycles. The minimum Gasteiger partial charge on any atom is -0.341 e. The number of amides is 2. The van der Waals surface area contributed by atoms with Gasteiger partial charge in [-0.05, 0) is 55.9 Å². The molecule has 0 aromatic heterocycles. The molecule has 5 nitrogen and oxygen atoms in total. The molecular formula is C39H35N2O3P. The molecule has 0 aliphatic carbocycles. The molecule has 7 rings (SSSR count). The van der Waals surface area contributed by atoms with Crippen LogP contribution < -0.4 is 0 Å². The Labute approximate surface area is 263 Å². The van der Waals surface area contributed by atoms with Crippen molar-refractivity contribution in [2.75, 3.05) is 0 Å². The lowest BCUT2D eigenvalue weighted by molar-refractivity contribution is 0.112. The molecule has 0 spiro atoms. The number of carbonyl (C=O) groups excluding carboxylic acids is 1. The summed E-state index contributed by atoms with van der Waals surface area (Å²) in [4.78, 5) is 30.4. The average molecular weight is 611 g/mol. The van der Waals surface area contributed by atoms with Gasteiger partial charge in [-0.3, -0.25) is 4.57 Å². The zero-order valence-corrected chi connectivity index (χ0v) is 25.8. The van der Waals surface area contributed by atoms with Crippen LogP contribution in [0.5, 0.6) is 0 Å². The number of carbonyl (C=O) groups is 1. The highest BCUT2D eigenvalue weighted by atomic mass is 31.2. The van der Waals surface area contributed by atoms with Gasteiger partial charge in [0, 0.05) is 25.9 Å². The fourth-order valence-corrected chi connectivity index (χ4v) is 9.07. The summed E-state index contributed by atoms with van der Waals surface area (Å²) >= 11 is 0. The van der Waals surface area contributed by atoms with Crippen LogP contribution in [0.15, 0.2) is 146 Å². The molecule has 6 aromatic carbocycles. The van der Waals surface area contributed by atoms with Crippen LogP contribution in [0.2, 0.25) is 0 Å². The van der Waals surface area contributed by atoms with Gasteiger partial charge in [0.05, 0.1) is 0 Å². The Hall–Kier alpha value is -4.70. The van der Waals surface area contributed by atoms with Crippen molar-refractivity contribution in [3.8, 4) is 0 Å². The van der Waals surface area contributed by atoms with Gasteiger partial charge < -0.3 is 14.7 Å². The topological polar surface area (TPSA) is 60.9 Å². The first kappa shape index (κ1) is 29.0. The third kappa shape index (κ3) is 6.02. The fraction of sp³-hybridized carbons (Fsp3) is 0.154. The first-order chi connectivity index (χ1) is 22.0. The van der Waals surface area contributed by atoms with Gasteiger partial charge in [0.1, 0.15) is 11.6 Å². The van der Waals surface area contributed by atoms with Crippen LogP contribution in [0.4, 0.5) is 4.79 Å². The number of benzene rings is 6. The summed E-state index contributed by atoms with van der Waals surface area (Å²) in [6.07, 6.45) is 0.589. The quantitative estimate of drug-likeness (QED) is 0.175. The zero-order chi connectivity index (χ0) is 30.8. The predicted octanol–water partition coefficient (Wildman–Crippen LogP) is 8.84. The highest BCUT2D eigenvalue weighted by Gasteiger charge is 2.53. The number of hydrogen-bond donors (Lipinski definition) is 1. The molecule has 1 aliphatic heterocycles. The van der Waals surface area contributed by atoms with Crippen molar-refractivity contribution in [3.63, 3.8) is 0 Å². The molecule has 1 saturated heterocycles. The Morgan fingerprint density at radius 2 is 0.867 bits per heavy atom. The maximum Gasteiger partial charge on any atom is 0.322 e. The lowest BCUT2D eigenvalue weighted by Gasteiger charge is -2.49. The lowest BCUT2D eigenvalue weighted by Crippen LogP contribution is -2.58. The molecule has 1 heterocycles. The molecule has 1 N–H and O–H groups in total. The molecule has 2 amide bonds. The largest absolute Gasteiger partial charge is 0.341 e. The molecule has 1 aliphatic rings. The van der Waals surface area contributed by atoms with Crippen LogP contribution in [0, 0.1) is 0 Å². The summed E-state index contributed by atoms with van der Waals surface area (Å²) in [5.41, 5.74) is 3.70. The predicted molar refractivity (Wildman–Crippen MR) is 182 cm³/mol. The van der Waals surface area contributed by atoms with E-state index in [-0.39, 0.29) is 19.1 Å². The summed E-state index contributed by atoms with van der Waals surface area (Å²) in [5.74, 6) is -1.75. The van der Waals surface area contributed by atoms with Gasteiger partial charge in [-0.25, -0.2) is 4.79 Å². The van der Waals surface area contributed by atoms with E-state index in [4.69, 9.17) is 0 Å². The van der Waals surface area contributed by atoms with Crippen LogP contribution in [0.3, 0.4) is 0 Å². The van der Waals surface area contributed by atoms with Crippen LogP contribution in [0.1, 0.15) is 22.3 Å². The van der Waals surface area contributed by atoms with E-state index >= 15 is 0 Å². The number of nitrogens with zero attached hydrogens (tertiary/aromatic N) is 2. The van der Waals surface area contributed by atoms with Crippen molar-refractivity contribution in [1.29, 1.82) is 0 Å². The molecule has 6 aromatic rings. The summed E-state index contributed by atoms with van der Waals surface area (Å²) in [5, 5.41) is 4.36. The van der Waals surface area contributed by atoms with E-state index in [1.807, 2.05) is 97.1 Å². The molecule has 0 unspecified atom stereocenters. The van der Waals surface area contributed by atoms with E-state index in [9.17, 15) is 14.3 Å². The first-order valence-electron chi connectivity index (χ1n) is 15.4. The Kier molecular flexibility index (Phi) is 7.97. The highest BCUT2D eigenvalue weighted by Crippen LogP contribution is 2.59. The van der Waals surface area contributed by atoms with E-state index in [0.29, 0.717) is 12.8 Å². The SMILES string of the molecule is O=C1N(Cc2ccc3ccccc3c2)[C@@H](Cc2ccccc2)P(=O)(O)[C@H](Cc2ccccc2)N1Cc1ccc2ccccc2c1. The van der Waals surface area contributed by atoms with Gasteiger partial charge in [0.15, 0.2) is 0 Å². The minimum absolute atomic E-state index is 0.223. The van der Waals surface area contributed by atoms with Crippen LogP contribution in [-0.2, 0) is 30.5 Å². The van der Waals surface area contributed by atoms with Crippen LogP contribution in [-0.4, -0.2) is 32.3 Å². The second-order valence-corrected chi connectivity index (χ2v) is 14.5. The molecule has 2 atom stereocenters. The van der Waals surface area contributed by atoms with Crippen LogP contribution >= 0.6 is 7.37 Å².